The Labute approximate surface area is 166 Å². The zero-order valence-electron chi connectivity index (χ0n) is 15.2. The molecular formula is C21H20ClN3O3. The van der Waals surface area contributed by atoms with Crippen LogP contribution in [0, 0.1) is 0 Å². The highest BCUT2D eigenvalue weighted by atomic mass is 35.5. The van der Waals surface area contributed by atoms with Crippen LogP contribution in [-0.2, 0) is 11.2 Å². The van der Waals surface area contributed by atoms with E-state index in [9.17, 15) is 9.59 Å². The number of likely N-dealkylation sites (tertiary alicyclic amines) is 1. The molecule has 3 heterocycles. The maximum absolute atomic E-state index is 12.9. The minimum Gasteiger partial charge on any atom is -0.480 e. The molecule has 0 spiro atoms. The van der Waals surface area contributed by atoms with E-state index in [2.05, 4.69) is 4.98 Å². The van der Waals surface area contributed by atoms with Crippen molar-refractivity contribution in [3.63, 3.8) is 0 Å². The quantitative estimate of drug-likeness (QED) is 0.722. The largest absolute Gasteiger partial charge is 0.480 e. The smallest absolute Gasteiger partial charge is 0.326 e. The Hall–Kier alpha value is -2.73. The molecule has 1 amide bonds. The van der Waals surface area contributed by atoms with Gasteiger partial charge < -0.3 is 14.6 Å². The summed E-state index contributed by atoms with van der Waals surface area (Å²) < 4.78 is 7.68. The summed E-state index contributed by atoms with van der Waals surface area (Å²) in [7, 11) is 0. The summed E-state index contributed by atoms with van der Waals surface area (Å²) in [5.74, 6) is 0.750. The van der Waals surface area contributed by atoms with Gasteiger partial charge in [0.05, 0.1) is 11.0 Å². The van der Waals surface area contributed by atoms with Gasteiger partial charge in [0, 0.05) is 30.6 Å². The first-order chi connectivity index (χ1) is 13.6. The number of hydrogen-bond donors (Lipinski definition) is 1. The van der Waals surface area contributed by atoms with E-state index in [-0.39, 0.29) is 17.6 Å². The van der Waals surface area contributed by atoms with Crippen LogP contribution in [0.15, 0.2) is 47.3 Å². The lowest BCUT2D eigenvalue weighted by atomic mass is 10.0. The van der Waals surface area contributed by atoms with Gasteiger partial charge in [-0.15, -0.1) is 0 Å². The zero-order chi connectivity index (χ0) is 19.3. The molecule has 1 fully saturated rings. The van der Waals surface area contributed by atoms with E-state index in [1.807, 2.05) is 45.9 Å². The van der Waals surface area contributed by atoms with E-state index in [1.54, 1.807) is 6.07 Å². The lowest BCUT2D eigenvalue weighted by Gasteiger charge is -2.33. The predicted molar refractivity (Wildman–Crippen MR) is 107 cm³/mol. The van der Waals surface area contributed by atoms with Crippen molar-refractivity contribution in [3.8, 4) is 5.75 Å². The van der Waals surface area contributed by atoms with Gasteiger partial charge in [-0.3, -0.25) is 9.36 Å². The number of carbonyl (C=O) groups is 1. The van der Waals surface area contributed by atoms with Gasteiger partial charge in [-0.1, -0.05) is 23.7 Å². The lowest BCUT2D eigenvalue weighted by molar-refractivity contribution is -0.139. The molecule has 1 aromatic heterocycles. The second-order valence-corrected chi connectivity index (χ2v) is 7.87. The van der Waals surface area contributed by atoms with Crippen LogP contribution in [0.4, 0.5) is 0 Å². The molecule has 7 heteroatoms. The fraction of sp³-hybridized carbons (Fsp3) is 0.333. The molecule has 0 bridgehead atoms. The molecule has 6 nitrogen and oxygen atoms in total. The van der Waals surface area contributed by atoms with Gasteiger partial charge in [0.1, 0.15) is 5.75 Å². The summed E-state index contributed by atoms with van der Waals surface area (Å²) in [6, 6.07) is 13.3. The number of rotatable bonds is 2. The van der Waals surface area contributed by atoms with Crippen LogP contribution in [0.3, 0.4) is 0 Å². The Balaban J connectivity index is 1.28. The van der Waals surface area contributed by atoms with Gasteiger partial charge in [0.25, 0.3) is 5.91 Å². The van der Waals surface area contributed by atoms with Crippen molar-refractivity contribution in [1.29, 1.82) is 0 Å². The number of nitrogens with zero attached hydrogens (tertiary/aromatic N) is 2. The van der Waals surface area contributed by atoms with E-state index in [0.29, 0.717) is 24.5 Å². The number of aromatic amines is 1. The molecule has 28 heavy (non-hydrogen) atoms. The summed E-state index contributed by atoms with van der Waals surface area (Å²) in [4.78, 5) is 30.1. The Morgan fingerprint density at radius 2 is 1.93 bits per heavy atom. The SMILES string of the molecule is O=C([C@@H]1Cc2cc(Cl)ccc2O1)N1CCC(n2c(=O)[nH]c3ccccc32)CC1. The number of imidazole rings is 1. The molecule has 1 saturated heterocycles. The molecule has 2 aliphatic heterocycles. The number of nitrogens with one attached hydrogen (secondary N) is 1. The molecule has 2 aliphatic rings. The Morgan fingerprint density at radius 3 is 2.75 bits per heavy atom. The van der Waals surface area contributed by atoms with Crippen LogP contribution in [0.5, 0.6) is 5.75 Å². The Bertz CT molecular complexity index is 1110. The lowest BCUT2D eigenvalue weighted by Crippen LogP contribution is -2.46. The van der Waals surface area contributed by atoms with E-state index >= 15 is 0 Å². The fourth-order valence-corrected chi connectivity index (χ4v) is 4.53. The standard InChI is InChI=1S/C21H20ClN3O3/c22-14-5-6-18-13(11-14)12-19(28-18)20(26)24-9-7-15(8-10-24)25-17-4-2-1-3-16(17)23-21(25)27/h1-6,11,15,19H,7-10,12H2,(H,23,27)/t19-/m0/s1. The highest BCUT2D eigenvalue weighted by molar-refractivity contribution is 6.30. The number of para-hydroxylation sites is 2. The maximum Gasteiger partial charge on any atom is 0.326 e. The third-order valence-corrected chi connectivity index (χ3v) is 5.97. The van der Waals surface area contributed by atoms with Gasteiger partial charge in [-0.05, 0) is 48.7 Å². The van der Waals surface area contributed by atoms with Crippen LogP contribution < -0.4 is 10.4 Å². The third kappa shape index (κ3) is 2.88. The van der Waals surface area contributed by atoms with Crippen molar-refractivity contribution in [2.75, 3.05) is 13.1 Å². The van der Waals surface area contributed by atoms with Crippen molar-refractivity contribution in [1.82, 2.24) is 14.5 Å². The van der Waals surface area contributed by atoms with Crippen molar-refractivity contribution in [2.45, 2.75) is 31.4 Å². The summed E-state index contributed by atoms with van der Waals surface area (Å²) in [5.41, 5.74) is 2.66. The van der Waals surface area contributed by atoms with E-state index in [4.69, 9.17) is 16.3 Å². The second kappa shape index (κ2) is 6.71. The van der Waals surface area contributed by atoms with E-state index in [0.717, 1.165) is 35.2 Å². The van der Waals surface area contributed by atoms with Crippen LogP contribution in [0.2, 0.25) is 5.02 Å². The number of piperidine rings is 1. The number of ether oxygens (including phenoxy) is 1. The minimum absolute atomic E-state index is 0.0112. The Morgan fingerprint density at radius 1 is 1.14 bits per heavy atom. The number of hydrogen-bond acceptors (Lipinski definition) is 3. The molecule has 1 atom stereocenters. The van der Waals surface area contributed by atoms with Gasteiger partial charge in [-0.2, -0.15) is 0 Å². The van der Waals surface area contributed by atoms with Crippen LogP contribution in [0.1, 0.15) is 24.4 Å². The highest BCUT2D eigenvalue weighted by Gasteiger charge is 2.34. The normalized spacial score (nSPS) is 19.6. The fourth-order valence-electron chi connectivity index (χ4n) is 4.34. The van der Waals surface area contributed by atoms with Crippen molar-refractivity contribution >= 4 is 28.5 Å². The highest BCUT2D eigenvalue weighted by Crippen LogP contribution is 2.33. The molecule has 144 valence electrons. The van der Waals surface area contributed by atoms with Gasteiger partial charge >= 0.3 is 5.69 Å². The molecule has 0 aliphatic carbocycles. The van der Waals surface area contributed by atoms with Crippen LogP contribution in [-0.4, -0.2) is 39.6 Å². The predicted octanol–water partition coefficient (Wildman–Crippen LogP) is 3.15. The molecule has 2 aromatic carbocycles. The third-order valence-electron chi connectivity index (χ3n) is 5.74. The van der Waals surface area contributed by atoms with Crippen LogP contribution >= 0.6 is 11.6 Å². The minimum atomic E-state index is -0.485. The summed E-state index contributed by atoms with van der Waals surface area (Å²) in [5, 5.41) is 0.653. The summed E-state index contributed by atoms with van der Waals surface area (Å²) >= 11 is 6.04. The first-order valence-corrected chi connectivity index (χ1v) is 9.91. The molecule has 5 rings (SSSR count). The van der Waals surface area contributed by atoms with Gasteiger partial charge in [-0.25, -0.2) is 4.79 Å². The zero-order valence-corrected chi connectivity index (χ0v) is 16.0. The number of amides is 1. The van der Waals surface area contributed by atoms with Crippen LogP contribution in [0.25, 0.3) is 11.0 Å². The van der Waals surface area contributed by atoms with E-state index in [1.165, 1.54) is 0 Å². The first kappa shape index (κ1) is 17.4. The number of benzene rings is 2. The van der Waals surface area contributed by atoms with E-state index < -0.39 is 6.10 Å². The number of carbonyl (C=O) groups excluding carboxylic acids is 1. The van der Waals surface area contributed by atoms with Crippen molar-refractivity contribution < 1.29 is 9.53 Å². The number of H-pyrrole nitrogens is 1. The van der Waals surface area contributed by atoms with Crippen molar-refractivity contribution in [2.24, 2.45) is 0 Å². The second-order valence-electron chi connectivity index (χ2n) is 7.44. The number of aromatic nitrogens is 2. The molecule has 0 saturated carbocycles. The number of fused-ring (bicyclic) bond motifs is 2. The maximum atomic E-state index is 12.9. The van der Waals surface area contributed by atoms with Gasteiger partial charge in [0.15, 0.2) is 6.10 Å². The first-order valence-electron chi connectivity index (χ1n) is 9.53. The number of halogens is 1. The molecule has 0 unspecified atom stereocenters. The summed E-state index contributed by atoms with van der Waals surface area (Å²) in [6.45, 7) is 1.23. The monoisotopic (exact) mass is 397 g/mol. The molecule has 3 aromatic rings. The molecule has 0 radical (unpaired) electrons. The average Bonchev–Trinajstić information content (AvgIpc) is 3.27. The van der Waals surface area contributed by atoms with Gasteiger partial charge in [0.2, 0.25) is 0 Å². The molecular weight excluding hydrogens is 378 g/mol. The Kier molecular flexibility index (Phi) is 4.16. The van der Waals surface area contributed by atoms with Crippen molar-refractivity contribution in [3.05, 3.63) is 63.5 Å². The summed E-state index contributed by atoms with van der Waals surface area (Å²) in [6.07, 6.45) is 1.56. The topological polar surface area (TPSA) is 67.3 Å². The average molecular weight is 398 g/mol. The molecule has 1 N–H and O–H groups in total.